The van der Waals surface area contributed by atoms with Crippen LogP contribution in [-0.4, -0.2) is 44.3 Å². The zero-order chi connectivity index (χ0) is 12.1. The quantitative estimate of drug-likeness (QED) is 0.721. The van der Waals surface area contributed by atoms with Gasteiger partial charge in [-0.2, -0.15) is 0 Å². The molecule has 17 heavy (non-hydrogen) atoms. The van der Waals surface area contributed by atoms with Gasteiger partial charge >= 0.3 is 12.0 Å². The van der Waals surface area contributed by atoms with Crippen LogP contribution in [0.25, 0.3) is 0 Å². The van der Waals surface area contributed by atoms with Crippen LogP contribution in [0.4, 0.5) is 10.7 Å². The number of hydrogen-bond acceptors (Lipinski definition) is 6. The SMILES string of the molecule is CCOC(=O)Nc1c[n+](N2CCOCC2)no1. The van der Waals surface area contributed by atoms with Gasteiger partial charge in [0.25, 0.3) is 6.20 Å². The highest BCUT2D eigenvalue weighted by Gasteiger charge is 2.23. The average Bonchev–Trinajstić information content (AvgIpc) is 2.79. The molecule has 0 unspecified atom stereocenters. The lowest BCUT2D eigenvalue weighted by molar-refractivity contribution is -0.759. The predicted molar refractivity (Wildman–Crippen MR) is 56.1 cm³/mol. The molecule has 1 fully saturated rings. The van der Waals surface area contributed by atoms with E-state index in [1.807, 2.05) is 5.01 Å². The molecule has 0 radical (unpaired) electrons. The number of morpholine rings is 1. The Morgan fingerprint density at radius 2 is 2.41 bits per heavy atom. The van der Waals surface area contributed by atoms with Crippen molar-refractivity contribution in [2.45, 2.75) is 6.92 Å². The maximum atomic E-state index is 11.1. The third-order valence-electron chi connectivity index (χ3n) is 2.23. The van der Waals surface area contributed by atoms with E-state index in [-0.39, 0.29) is 5.88 Å². The first-order valence-corrected chi connectivity index (χ1v) is 5.45. The van der Waals surface area contributed by atoms with Crippen LogP contribution in [0.2, 0.25) is 0 Å². The summed E-state index contributed by atoms with van der Waals surface area (Å²) in [4.78, 5) is 12.7. The van der Waals surface area contributed by atoms with Crippen molar-refractivity contribution >= 4 is 12.0 Å². The molecule has 2 heterocycles. The first kappa shape index (κ1) is 11.6. The molecule has 8 nitrogen and oxygen atoms in total. The molecule has 0 bridgehead atoms. The lowest BCUT2D eigenvalue weighted by Gasteiger charge is -2.18. The maximum absolute atomic E-state index is 11.1. The number of nitrogens with one attached hydrogen (secondary N) is 1. The van der Waals surface area contributed by atoms with E-state index in [0.29, 0.717) is 19.8 Å². The van der Waals surface area contributed by atoms with E-state index in [2.05, 4.69) is 10.6 Å². The molecule has 1 aromatic rings. The van der Waals surface area contributed by atoms with Gasteiger partial charge in [-0.15, -0.1) is 5.01 Å². The molecule has 0 aromatic carbocycles. The third kappa shape index (κ3) is 3.06. The third-order valence-corrected chi connectivity index (χ3v) is 2.23. The number of carbonyl (C=O) groups is 1. The molecule has 0 spiro atoms. The van der Waals surface area contributed by atoms with E-state index < -0.39 is 6.09 Å². The Hall–Kier alpha value is -1.83. The number of aromatic nitrogens is 2. The summed E-state index contributed by atoms with van der Waals surface area (Å²) in [5.74, 6) is 0.245. The van der Waals surface area contributed by atoms with Crippen molar-refractivity contribution in [3.63, 3.8) is 0 Å². The fraction of sp³-hybridized carbons (Fsp3) is 0.667. The second kappa shape index (κ2) is 5.48. The number of carbonyl (C=O) groups excluding carboxylic acids is 1. The van der Waals surface area contributed by atoms with Gasteiger partial charge in [0.1, 0.15) is 0 Å². The van der Waals surface area contributed by atoms with Gasteiger partial charge in [0.2, 0.25) is 5.27 Å². The number of hydrogen-bond donors (Lipinski definition) is 1. The number of amides is 1. The van der Waals surface area contributed by atoms with Crippen LogP contribution in [-0.2, 0) is 9.47 Å². The topological polar surface area (TPSA) is 80.7 Å². The van der Waals surface area contributed by atoms with Gasteiger partial charge in [-0.25, -0.2) is 4.79 Å². The van der Waals surface area contributed by atoms with Gasteiger partial charge in [-0.1, -0.05) is 0 Å². The highest BCUT2D eigenvalue weighted by molar-refractivity contribution is 5.82. The standard InChI is InChI=1S/C9H14N4O4/c1-2-16-9(14)10-8-7-13(11-17-8)12-3-5-15-6-4-12/h7H,2-6H2,1H3/p+1. The van der Waals surface area contributed by atoms with Gasteiger partial charge in [0.05, 0.1) is 37.7 Å². The van der Waals surface area contributed by atoms with Crippen molar-refractivity contribution in [3.8, 4) is 0 Å². The Labute approximate surface area is 98.0 Å². The normalized spacial score (nSPS) is 15.7. The molecule has 1 N–H and O–H groups in total. The highest BCUT2D eigenvalue weighted by Crippen LogP contribution is 2.01. The summed E-state index contributed by atoms with van der Waals surface area (Å²) in [6.45, 7) is 4.81. The highest BCUT2D eigenvalue weighted by atomic mass is 16.6. The number of anilines is 1. The summed E-state index contributed by atoms with van der Waals surface area (Å²) in [5.41, 5.74) is 0. The Morgan fingerprint density at radius 1 is 1.65 bits per heavy atom. The number of rotatable bonds is 3. The Morgan fingerprint density at radius 3 is 3.12 bits per heavy atom. The first-order chi connectivity index (χ1) is 8.29. The molecular weight excluding hydrogens is 228 g/mol. The molecule has 8 heteroatoms. The summed E-state index contributed by atoms with van der Waals surface area (Å²) >= 11 is 0. The van der Waals surface area contributed by atoms with E-state index in [4.69, 9.17) is 14.0 Å². The van der Waals surface area contributed by atoms with Crippen LogP contribution in [0.5, 0.6) is 0 Å². The summed E-state index contributed by atoms with van der Waals surface area (Å²) in [7, 11) is 0. The predicted octanol–water partition coefficient (Wildman–Crippen LogP) is -0.501. The summed E-state index contributed by atoms with van der Waals surface area (Å²) in [6.07, 6.45) is 1.03. The summed E-state index contributed by atoms with van der Waals surface area (Å²) in [6, 6.07) is 0. The van der Waals surface area contributed by atoms with E-state index in [9.17, 15) is 4.79 Å². The van der Waals surface area contributed by atoms with Gasteiger partial charge < -0.3 is 9.47 Å². The smallest absolute Gasteiger partial charge is 0.414 e. The van der Waals surface area contributed by atoms with Crippen LogP contribution < -0.4 is 15.1 Å². The maximum Gasteiger partial charge on any atom is 0.414 e. The van der Waals surface area contributed by atoms with Crippen LogP contribution in [0.1, 0.15) is 6.92 Å². The second-order valence-corrected chi connectivity index (χ2v) is 3.40. The summed E-state index contributed by atoms with van der Waals surface area (Å²) < 4.78 is 14.9. The molecule has 0 aliphatic carbocycles. The van der Waals surface area contributed by atoms with Gasteiger partial charge in [0.15, 0.2) is 0 Å². The van der Waals surface area contributed by atoms with Crippen molar-refractivity contribution in [2.75, 3.05) is 43.2 Å². The minimum atomic E-state index is -0.558. The second-order valence-electron chi connectivity index (χ2n) is 3.40. The lowest BCUT2D eigenvalue weighted by Crippen LogP contribution is -2.62. The van der Waals surface area contributed by atoms with Crippen LogP contribution >= 0.6 is 0 Å². The van der Waals surface area contributed by atoms with Crippen molar-refractivity contribution in [1.29, 1.82) is 0 Å². The zero-order valence-corrected chi connectivity index (χ0v) is 9.59. The molecule has 1 aromatic heterocycles. The van der Waals surface area contributed by atoms with E-state index in [1.165, 1.54) is 0 Å². The monoisotopic (exact) mass is 243 g/mol. The van der Waals surface area contributed by atoms with Crippen LogP contribution in [0, 0.1) is 0 Å². The minimum Gasteiger partial charge on any atom is -0.450 e. The molecule has 1 aliphatic rings. The van der Waals surface area contributed by atoms with E-state index >= 15 is 0 Å². The van der Waals surface area contributed by atoms with Gasteiger partial charge in [-0.3, -0.25) is 9.84 Å². The molecule has 1 amide bonds. The fourth-order valence-corrected chi connectivity index (χ4v) is 1.45. The van der Waals surface area contributed by atoms with Crippen molar-refractivity contribution in [2.24, 2.45) is 0 Å². The fourth-order valence-electron chi connectivity index (χ4n) is 1.45. The van der Waals surface area contributed by atoms with Crippen molar-refractivity contribution in [3.05, 3.63) is 6.20 Å². The molecule has 94 valence electrons. The Bertz CT molecular complexity index is 375. The minimum absolute atomic E-state index is 0.245. The van der Waals surface area contributed by atoms with Crippen molar-refractivity contribution in [1.82, 2.24) is 5.27 Å². The summed E-state index contributed by atoms with van der Waals surface area (Å²) in [5, 5.41) is 8.18. The van der Waals surface area contributed by atoms with E-state index in [1.54, 1.807) is 17.9 Å². The Kier molecular flexibility index (Phi) is 3.76. The largest absolute Gasteiger partial charge is 0.450 e. The van der Waals surface area contributed by atoms with Crippen LogP contribution in [0.15, 0.2) is 10.7 Å². The average molecular weight is 243 g/mol. The van der Waals surface area contributed by atoms with Gasteiger partial charge in [0, 0.05) is 0 Å². The first-order valence-electron chi connectivity index (χ1n) is 5.45. The molecule has 2 rings (SSSR count). The molecular formula is C9H15N4O4+. The Balaban J connectivity index is 1.93. The molecule has 1 aliphatic heterocycles. The number of ether oxygens (including phenoxy) is 2. The lowest BCUT2D eigenvalue weighted by atomic mass is 10.5. The van der Waals surface area contributed by atoms with Crippen molar-refractivity contribution < 1.29 is 23.6 Å². The van der Waals surface area contributed by atoms with E-state index in [0.717, 1.165) is 13.1 Å². The molecule has 0 atom stereocenters. The molecule has 0 saturated carbocycles. The van der Waals surface area contributed by atoms with Crippen LogP contribution in [0.3, 0.4) is 0 Å². The number of nitrogens with zero attached hydrogens (tertiary/aromatic N) is 3. The zero-order valence-electron chi connectivity index (χ0n) is 9.59. The van der Waals surface area contributed by atoms with Gasteiger partial charge in [-0.05, 0) is 6.92 Å². The molecule has 1 saturated heterocycles.